The number of hydrogen-bond acceptors (Lipinski definition) is 2. The maximum atomic E-state index is 3.62. The van der Waals surface area contributed by atoms with E-state index in [2.05, 4.69) is 68.2 Å². The molecule has 1 aromatic rings. The molecule has 1 saturated heterocycles. The first-order valence-corrected chi connectivity index (χ1v) is 7.54. The molecule has 2 atom stereocenters. The van der Waals surface area contributed by atoms with Crippen molar-refractivity contribution in [1.82, 2.24) is 10.2 Å². The highest BCUT2D eigenvalue weighted by molar-refractivity contribution is 5.20. The molecule has 0 radical (unpaired) electrons. The van der Waals surface area contributed by atoms with Crippen molar-refractivity contribution in [3.63, 3.8) is 0 Å². The zero-order valence-electron chi connectivity index (χ0n) is 12.8. The maximum absolute atomic E-state index is 3.62. The summed E-state index contributed by atoms with van der Waals surface area (Å²) in [6.45, 7) is 12.7. The minimum absolute atomic E-state index is 0.393. The van der Waals surface area contributed by atoms with Gasteiger partial charge in [-0.25, -0.2) is 0 Å². The molecule has 0 bridgehead atoms. The second kappa shape index (κ2) is 6.06. The maximum Gasteiger partial charge on any atom is 0.0473 e. The minimum Gasteiger partial charge on any atom is -0.311 e. The molecule has 1 aliphatic heterocycles. The number of piperazine rings is 1. The summed E-state index contributed by atoms with van der Waals surface area (Å²) in [5, 5.41) is 3.62. The van der Waals surface area contributed by atoms with Crippen LogP contribution in [0.3, 0.4) is 0 Å². The van der Waals surface area contributed by atoms with Gasteiger partial charge in [-0.2, -0.15) is 0 Å². The van der Waals surface area contributed by atoms with Crippen molar-refractivity contribution >= 4 is 0 Å². The van der Waals surface area contributed by atoms with Gasteiger partial charge in [-0.3, -0.25) is 4.90 Å². The van der Waals surface area contributed by atoms with E-state index in [1.165, 1.54) is 18.5 Å². The van der Waals surface area contributed by atoms with Gasteiger partial charge in [-0.15, -0.1) is 0 Å². The second-order valence-electron chi connectivity index (χ2n) is 6.68. The van der Waals surface area contributed by atoms with Crippen LogP contribution in [0.1, 0.15) is 45.7 Å². The van der Waals surface area contributed by atoms with Crippen molar-refractivity contribution in [2.75, 3.05) is 19.6 Å². The van der Waals surface area contributed by atoms with E-state index in [4.69, 9.17) is 0 Å². The molecule has 2 unspecified atom stereocenters. The predicted molar refractivity (Wildman–Crippen MR) is 82.3 cm³/mol. The summed E-state index contributed by atoms with van der Waals surface area (Å²) in [7, 11) is 0. The Morgan fingerprint density at radius 2 is 1.95 bits per heavy atom. The van der Waals surface area contributed by atoms with Crippen LogP contribution in [0.4, 0.5) is 0 Å². The molecule has 1 heterocycles. The number of nitrogens with one attached hydrogen (secondary N) is 1. The number of nitrogens with zero attached hydrogens (tertiary/aromatic N) is 1. The normalized spacial score (nSPS) is 25.5. The summed E-state index contributed by atoms with van der Waals surface area (Å²) in [4.78, 5) is 2.67. The second-order valence-corrected chi connectivity index (χ2v) is 6.68. The highest BCUT2D eigenvalue weighted by Gasteiger charge is 2.30. The first-order valence-electron chi connectivity index (χ1n) is 7.54. The predicted octanol–water partition coefficient (Wildman–Crippen LogP) is 3.46. The lowest BCUT2D eigenvalue weighted by Crippen LogP contribution is -2.53. The fourth-order valence-corrected chi connectivity index (χ4v) is 2.83. The summed E-state index contributed by atoms with van der Waals surface area (Å²) < 4.78 is 0. The average Bonchev–Trinajstić information content (AvgIpc) is 2.39. The van der Waals surface area contributed by atoms with Crippen molar-refractivity contribution in [3.8, 4) is 0 Å². The molecule has 2 rings (SSSR count). The van der Waals surface area contributed by atoms with E-state index in [-0.39, 0.29) is 0 Å². The lowest BCUT2D eigenvalue weighted by molar-refractivity contribution is 0.0856. The molecule has 0 aromatic heterocycles. The molecule has 2 heteroatoms. The van der Waals surface area contributed by atoms with Crippen LogP contribution in [0.2, 0.25) is 0 Å². The molecule has 0 amide bonds. The largest absolute Gasteiger partial charge is 0.311 e. The van der Waals surface area contributed by atoms with E-state index < -0.39 is 0 Å². The molecule has 1 aromatic carbocycles. The van der Waals surface area contributed by atoms with Gasteiger partial charge in [0.1, 0.15) is 0 Å². The van der Waals surface area contributed by atoms with Gasteiger partial charge in [0, 0.05) is 31.7 Å². The Kier molecular flexibility index (Phi) is 4.64. The standard InChI is InChI=1S/C17H28N2/c1-5-17(3,4)13-19-12-14(2)18-11-16(19)15-9-7-6-8-10-15/h6-10,14,16,18H,5,11-13H2,1-4H3. The van der Waals surface area contributed by atoms with Crippen LogP contribution in [0.25, 0.3) is 0 Å². The Bertz CT molecular complexity index is 386. The first kappa shape index (κ1) is 14.5. The van der Waals surface area contributed by atoms with Gasteiger partial charge in [0.25, 0.3) is 0 Å². The Balaban J connectivity index is 2.15. The molecular weight excluding hydrogens is 232 g/mol. The zero-order valence-corrected chi connectivity index (χ0v) is 12.8. The number of benzene rings is 1. The Morgan fingerprint density at radius 1 is 1.26 bits per heavy atom. The van der Waals surface area contributed by atoms with Crippen molar-refractivity contribution in [1.29, 1.82) is 0 Å². The van der Waals surface area contributed by atoms with Crippen LogP contribution in [-0.2, 0) is 0 Å². The molecule has 0 spiro atoms. The van der Waals surface area contributed by atoms with Crippen molar-refractivity contribution in [2.24, 2.45) is 5.41 Å². The van der Waals surface area contributed by atoms with Gasteiger partial charge in [-0.1, -0.05) is 51.1 Å². The topological polar surface area (TPSA) is 15.3 Å². The van der Waals surface area contributed by atoms with Gasteiger partial charge >= 0.3 is 0 Å². The molecular formula is C17H28N2. The average molecular weight is 260 g/mol. The molecule has 19 heavy (non-hydrogen) atoms. The third kappa shape index (κ3) is 3.80. The van der Waals surface area contributed by atoms with Crippen LogP contribution in [0.5, 0.6) is 0 Å². The van der Waals surface area contributed by atoms with Crippen LogP contribution < -0.4 is 5.32 Å². The summed E-state index contributed by atoms with van der Waals surface area (Å²) in [5.41, 5.74) is 1.83. The molecule has 2 nitrogen and oxygen atoms in total. The highest BCUT2D eigenvalue weighted by Crippen LogP contribution is 2.29. The summed E-state index contributed by atoms with van der Waals surface area (Å²) in [5.74, 6) is 0. The third-order valence-electron chi connectivity index (χ3n) is 4.38. The lowest BCUT2D eigenvalue weighted by atomic mass is 9.88. The van der Waals surface area contributed by atoms with Crippen LogP contribution in [0.15, 0.2) is 30.3 Å². The quantitative estimate of drug-likeness (QED) is 0.892. The summed E-state index contributed by atoms with van der Waals surface area (Å²) in [6.07, 6.45) is 1.23. The molecule has 0 aliphatic carbocycles. The van der Waals surface area contributed by atoms with E-state index in [0.29, 0.717) is 17.5 Å². The van der Waals surface area contributed by atoms with Crippen molar-refractivity contribution in [2.45, 2.75) is 46.2 Å². The van der Waals surface area contributed by atoms with E-state index in [1.54, 1.807) is 0 Å². The lowest BCUT2D eigenvalue weighted by Gasteiger charge is -2.43. The van der Waals surface area contributed by atoms with Gasteiger partial charge in [0.05, 0.1) is 0 Å². The van der Waals surface area contributed by atoms with Gasteiger partial charge in [-0.05, 0) is 24.3 Å². The van der Waals surface area contributed by atoms with Gasteiger partial charge < -0.3 is 5.32 Å². The van der Waals surface area contributed by atoms with Gasteiger partial charge in [0.2, 0.25) is 0 Å². The van der Waals surface area contributed by atoms with E-state index >= 15 is 0 Å². The van der Waals surface area contributed by atoms with Crippen LogP contribution in [-0.4, -0.2) is 30.6 Å². The van der Waals surface area contributed by atoms with Crippen molar-refractivity contribution < 1.29 is 0 Å². The molecule has 1 N–H and O–H groups in total. The van der Waals surface area contributed by atoms with E-state index in [9.17, 15) is 0 Å². The highest BCUT2D eigenvalue weighted by atomic mass is 15.2. The van der Waals surface area contributed by atoms with Crippen LogP contribution >= 0.6 is 0 Å². The van der Waals surface area contributed by atoms with Gasteiger partial charge in [0.15, 0.2) is 0 Å². The molecule has 106 valence electrons. The smallest absolute Gasteiger partial charge is 0.0473 e. The summed E-state index contributed by atoms with van der Waals surface area (Å²) >= 11 is 0. The SMILES string of the molecule is CCC(C)(C)CN1CC(C)NCC1c1ccccc1. The number of rotatable bonds is 4. The van der Waals surface area contributed by atoms with E-state index in [0.717, 1.165) is 13.1 Å². The summed E-state index contributed by atoms with van der Waals surface area (Å²) in [6, 6.07) is 12.0. The Morgan fingerprint density at radius 3 is 2.58 bits per heavy atom. The fraction of sp³-hybridized carbons (Fsp3) is 0.647. The Hall–Kier alpha value is -0.860. The minimum atomic E-state index is 0.393. The zero-order chi connectivity index (χ0) is 13.9. The fourth-order valence-electron chi connectivity index (χ4n) is 2.83. The third-order valence-corrected chi connectivity index (χ3v) is 4.38. The number of hydrogen-bond donors (Lipinski definition) is 1. The van der Waals surface area contributed by atoms with E-state index in [1.807, 2.05) is 0 Å². The molecule has 1 fully saturated rings. The van der Waals surface area contributed by atoms with Crippen molar-refractivity contribution in [3.05, 3.63) is 35.9 Å². The molecule has 1 aliphatic rings. The Labute approximate surface area is 118 Å². The molecule has 0 saturated carbocycles. The first-order chi connectivity index (χ1) is 9.02. The van der Waals surface area contributed by atoms with Crippen LogP contribution in [0, 0.1) is 5.41 Å². The monoisotopic (exact) mass is 260 g/mol.